The van der Waals surface area contributed by atoms with Crippen molar-refractivity contribution in [2.24, 2.45) is 5.10 Å². The van der Waals surface area contributed by atoms with Gasteiger partial charge in [-0.1, -0.05) is 59.6 Å². The van der Waals surface area contributed by atoms with Gasteiger partial charge in [0, 0.05) is 11.3 Å². The first kappa shape index (κ1) is 21.6. The Morgan fingerprint density at radius 1 is 1.10 bits per heavy atom. The first-order chi connectivity index (χ1) is 14.4. The molecular weight excluding hydrogens is 428 g/mol. The maximum Gasteiger partial charge on any atom is 0.339 e. The molecule has 8 heteroatoms. The number of rotatable bonds is 6. The highest BCUT2D eigenvalue weighted by Crippen LogP contribution is 2.34. The largest absolute Gasteiger partial charge is 0.486 e. The summed E-state index contributed by atoms with van der Waals surface area (Å²) in [6.45, 7) is 1.87. The van der Waals surface area contributed by atoms with E-state index < -0.39 is 6.03 Å². The van der Waals surface area contributed by atoms with Gasteiger partial charge in [0.05, 0.1) is 16.3 Å². The number of amides is 2. The van der Waals surface area contributed by atoms with E-state index in [-0.39, 0.29) is 28.2 Å². The van der Waals surface area contributed by atoms with Gasteiger partial charge >= 0.3 is 6.03 Å². The van der Waals surface area contributed by atoms with Crippen LogP contribution in [-0.2, 0) is 6.61 Å². The van der Waals surface area contributed by atoms with Crippen molar-refractivity contribution in [2.45, 2.75) is 13.5 Å². The van der Waals surface area contributed by atoms with Crippen molar-refractivity contribution >= 4 is 41.1 Å². The van der Waals surface area contributed by atoms with Crippen LogP contribution >= 0.6 is 23.2 Å². The van der Waals surface area contributed by atoms with Gasteiger partial charge in [0.2, 0.25) is 0 Å². The number of nitrogens with zero attached hydrogens (tertiary/aromatic N) is 1. The molecule has 3 aromatic carbocycles. The van der Waals surface area contributed by atoms with Crippen LogP contribution in [0.4, 0.5) is 14.9 Å². The Labute approximate surface area is 183 Å². The molecule has 30 heavy (non-hydrogen) atoms. The number of carbonyl (C=O) groups is 1. The molecule has 5 nitrogen and oxygen atoms in total. The van der Waals surface area contributed by atoms with Crippen LogP contribution < -0.4 is 15.5 Å². The minimum atomic E-state index is -0.484. The highest BCUT2D eigenvalue weighted by Gasteiger charge is 2.11. The smallest absolute Gasteiger partial charge is 0.339 e. The number of carbonyl (C=O) groups excluding carboxylic acids is 1. The average Bonchev–Trinajstić information content (AvgIpc) is 2.70. The molecule has 3 rings (SSSR count). The zero-order chi connectivity index (χ0) is 21.5. The molecule has 154 valence electrons. The summed E-state index contributed by atoms with van der Waals surface area (Å²) >= 11 is 12.5. The first-order valence-electron chi connectivity index (χ1n) is 8.95. The summed E-state index contributed by atoms with van der Waals surface area (Å²) in [6.07, 6.45) is 1.40. The zero-order valence-corrected chi connectivity index (χ0v) is 17.5. The van der Waals surface area contributed by atoms with Gasteiger partial charge in [-0.2, -0.15) is 5.10 Å². The number of nitrogens with one attached hydrogen (secondary N) is 2. The van der Waals surface area contributed by atoms with Gasteiger partial charge in [0.25, 0.3) is 0 Å². The minimum absolute atomic E-state index is 0.0137. The van der Waals surface area contributed by atoms with E-state index in [1.54, 1.807) is 36.4 Å². The lowest BCUT2D eigenvalue weighted by Gasteiger charge is -2.11. The number of hydrogen-bond donors (Lipinski definition) is 2. The van der Waals surface area contributed by atoms with Gasteiger partial charge in [0.1, 0.15) is 12.4 Å². The van der Waals surface area contributed by atoms with E-state index >= 15 is 0 Å². The molecule has 0 aliphatic heterocycles. The second-order valence-electron chi connectivity index (χ2n) is 6.33. The summed E-state index contributed by atoms with van der Waals surface area (Å²) in [5.74, 6) is -0.132. The van der Waals surface area contributed by atoms with Crippen LogP contribution in [0.1, 0.15) is 16.7 Å². The van der Waals surface area contributed by atoms with Gasteiger partial charge in [-0.05, 0) is 42.3 Å². The monoisotopic (exact) mass is 445 g/mol. The molecule has 0 spiro atoms. The molecule has 0 saturated heterocycles. The molecule has 0 aliphatic carbocycles. The molecule has 0 aromatic heterocycles. The summed E-state index contributed by atoms with van der Waals surface area (Å²) in [5.41, 5.74) is 4.94. The Morgan fingerprint density at radius 3 is 2.47 bits per heavy atom. The van der Waals surface area contributed by atoms with E-state index in [0.29, 0.717) is 16.8 Å². The third-order valence-electron chi connectivity index (χ3n) is 4.12. The third kappa shape index (κ3) is 5.72. The normalized spacial score (nSPS) is 10.8. The Hall–Kier alpha value is -3.09. The molecule has 0 aliphatic rings. The molecule has 0 unspecified atom stereocenters. The SMILES string of the molecule is Cc1ccccc1NC(=O)NN=Cc1cc(Cl)c(OCc2ccccc2F)c(Cl)c1. The van der Waals surface area contributed by atoms with Gasteiger partial charge in [-0.15, -0.1) is 0 Å². The first-order valence-corrected chi connectivity index (χ1v) is 9.70. The zero-order valence-electron chi connectivity index (χ0n) is 16.0. The van der Waals surface area contributed by atoms with Crippen LogP contribution in [0.25, 0.3) is 0 Å². The molecule has 2 amide bonds. The van der Waals surface area contributed by atoms with E-state index in [9.17, 15) is 9.18 Å². The van der Waals surface area contributed by atoms with E-state index in [0.717, 1.165) is 5.56 Å². The second kappa shape index (κ2) is 10.1. The van der Waals surface area contributed by atoms with Crippen LogP contribution in [0.5, 0.6) is 5.75 Å². The fourth-order valence-electron chi connectivity index (χ4n) is 2.59. The second-order valence-corrected chi connectivity index (χ2v) is 7.15. The van der Waals surface area contributed by atoms with Crippen molar-refractivity contribution in [1.82, 2.24) is 5.43 Å². The maximum absolute atomic E-state index is 13.7. The number of para-hydroxylation sites is 1. The van der Waals surface area contributed by atoms with Gasteiger partial charge in [0.15, 0.2) is 5.75 Å². The number of aryl methyl sites for hydroxylation is 1. The third-order valence-corrected chi connectivity index (χ3v) is 4.68. The summed E-state index contributed by atoms with van der Waals surface area (Å²) in [6, 6.07) is 16.3. The number of benzene rings is 3. The Bertz CT molecular complexity index is 1070. The summed E-state index contributed by atoms with van der Waals surface area (Å²) in [4.78, 5) is 12.0. The molecule has 0 atom stereocenters. The fourth-order valence-corrected chi connectivity index (χ4v) is 3.20. The number of hydrazone groups is 1. The van der Waals surface area contributed by atoms with Crippen LogP contribution in [0.2, 0.25) is 10.0 Å². The lowest BCUT2D eigenvalue weighted by atomic mass is 10.2. The number of hydrogen-bond acceptors (Lipinski definition) is 3. The van der Waals surface area contributed by atoms with Gasteiger partial charge in [-0.25, -0.2) is 14.6 Å². The minimum Gasteiger partial charge on any atom is -0.486 e. The van der Waals surface area contributed by atoms with Crippen molar-refractivity contribution < 1.29 is 13.9 Å². The Morgan fingerprint density at radius 2 is 1.77 bits per heavy atom. The Kier molecular flexibility index (Phi) is 7.27. The predicted octanol–water partition coefficient (Wildman–Crippen LogP) is 6.18. The van der Waals surface area contributed by atoms with Gasteiger partial charge < -0.3 is 10.1 Å². The summed E-state index contributed by atoms with van der Waals surface area (Å²) < 4.78 is 19.3. The quantitative estimate of drug-likeness (QED) is 0.351. The maximum atomic E-state index is 13.7. The average molecular weight is 446 g/mol. The molecule has 0 bridgehead atoms. The van der Waals surface area contributed by atoms with E-state index in [2.05, 4.69) is 15.8 Å². The van der Waals surface area contributed by atoms with Crippen molar-refractivity contribution in [3.05, 3.63) is 93.2 Å². The Balaban J connectivity index is 1.61. The van der Waals surface area contributed by atoms with Crippen LogP contribution in [0.3, 0.4) is 0 Å². The van der Waals surface area contributed by atoms with Crippen molar-refractivity contribution in [3.8, 4) is 5.75 Å². The molecule has 3 aromatic rings. The van der Waals surface area contributed by atoms with Crippen LogP contribution in [0, 0.1) is 12.7 Å². The molecule has 0 fully saturated rings. The van der Waals surface area contributed by atoms with Gasteiger partial charge in [-0.3, -0.25) is 0 Å². The molecule has 0 heterocycles. The number of anilines is 1. The number of halogens is 3. The molecule has 0 radical (unpaired) electrons. The number of ether oxygens (including phenoxy) is 1. The highest BCUT2D eigenvalue weighted by atomic mass is 35.5. The van der Waals surface area contributed by atoms with Crippen molar-refractivity contribution in [3.63, 3.8) is 0 Å². The molecule has 2 N–H and O–H groups in total. The van der Waals surface area contributed by atoms with Crippen LogP contribution in [0.15, 0.2) is 65.8 Å². The highest BCUT2D eigenvalue weighted by molar-refractivity contribution is 6.37. The summed E-state index contributed by atoms with van der Waals surface area (Å²) in [5, 5.41) is 7.07. The fraction of sp³-hybridized carbons (Fsp3) is 0.0909. The van der Waals surface area contributed by atoms with Crippen LogP contribution in [-0.4, -0.2) is 12.2 Å². The number of urea groups is 1. The molecular formula is C22H18Cl2FN3O2. The van der Waals surface area contributed by atoms with E-state index in [1.807, 2.05) is 25.1 Å². The lowest BCUT2D eigenvalue weighted by Crippen LogP contribution is -2.24. The van der Waals surface area contributed by atoms with E-state index in [4.69, 9.17) is 27.9 Å². The predicted molar refractivity (Wildman–Crippen MR) is 118 cm³/mol. The van der Waals surface area contributed by atoms with E-state index in [1.165, 1.54) is 12.3 Å². The van der Waals surface area contributed by atoms with Crippen molar-refractivity contribution in [1.29, 1.82) is 0 Å². The summed E-state index contributed by atoms with van der Waals surface area (Å²) in [7, 11) is 0. The standard InChI is InChI=1S/C22H18Cl2FN3O2/c1-14-6-2-5-9-20(14)27-22(29)28-26-12-15-10-17(23)21(18(24)11-15)30-13-16-7-3-4-8-19(16)25/h2-12H,13H2,1H3,(H2,27,28,29). The molecule has 0 saturated carbocycles. The van der Waals surface area contributed by atoms with Crippen molar-refractivity contribution in [2.75, 3.05) is 5.32 Å². The lowest BCUT2D eigenvalue weighted by molar-refractivity contribution is 0.252. The topological polar surface area (TPSA) is 62.7 Å².